The Balaban J connectivity index is 1.67. The summed E-state index contributed by atoms with van der Waals surface area (Å²) < 4.78 is 6.16. The number of nitrogens with zero attached hydrogens (tertiary/aromatic N) is 1. The first kappa shape index (κ1) is 15.0. The molecular weight excluding hydrogens is 314 g/mol. The number of aromatic nitrogens is 1. The molecule has 23 heavy (non-hydrogen) atoms. The van der Waals surface area contributed by atoms with Crippen molar-refractivity contribution in [2.45, 2.75) is 6.92 Å². The third kappa shape index (κ3) is 3.64. The lowest BCUT2D eigenvalue weighted by Crippen LogP contribution is -2.16. The van der Waals surface area contributed by atoms with Gasteiger partial charge in [0.1, 0.15) is 0 Å². The van der Waals surface area contributed by atoms with Crippen molar-refractivity contribution >= 4 is 44.9 Å². The first-order chi connectivity index (χ1) is 11.1. The summed E-state index contributed by atoms with van der Waals surface area (Å²) in [6, 6.07) is 12.1. The number of carbonyl (C=O) groups is 2. The molecule has 0 bridgehead atoms. The number of amides is 2. The molecule has 2 N–H and O–H groups in total. The fraction of sp³-hybridized carbons (Fsp3) is 0.0625. The zero-order chi connectivity index (χ0) is 16.2. The molecule has 0 saturated carbocycles. The van der Waals surface area contributed by atoms with E-state index in [1.165, 1.54) is 18.3 Å². The highest BCUT2D eigenvalue weighted by molar-refractivity contribution is 7.17. The van der Waals surface area contributed by atoms with E-state index >= 15 is 0 Å². The summed E-state index contributed by atoms with van der Waals surface area (Å²) in [4.78, 5) is 27.1. The lowest BCUT2D eigenvalue weighted by Gasteiger charge is -2.08. The zero-order valence-corrected chi connectivity index (χ0v) is 13.0. The molecule has 116 valence electrons. The number of benzene rings is 2. The van der Waals surface area contributed by atoms with Gasteiger partial charge in [0.2, 0.25) is 5.91 Å². The number of ether oxygens (including phenoxy) is 1. The third-order valence-corrected chi connectivity index (χ3v) is 3.83. The van der Waals surface area contributed by atoms with Gasteiger partial charge in [0, 0.05) is 18.3 Å². The molecule has 0 aliphatic rings. The van der Waals surface area contributed by atoms with E-state index in [0.29, 0.717) is 17.1 Å². The molecule has 0 saturated heterocycles. The minimum Gasteiger partial charge on any atom is -0.408 e. The van der Waals surface area contributed by atoms with Crippen LogP contribution in [-0.2, 0) is 4.79 Å². The normalized spacial score (nSPS) is 10.3. The molecule has 0 aliphatic heterocycles. The molecule has 3 aromatic rings. The van der Waals surface area contributed by atoms with Crippen molar-refractivity contribution < 1.29 is 14.3 Å². The third-order valence-electron chi connectivity index (χ3n) is 2.97. The van der Waals surface area contributed by atoms with E-state index < -0.39 is 6.09 Å². The molecule has 2 amide bonds. The van der Waals surface area contributed by atoms with Crippen molar-refractivity contribution in [3.63, 3.8) is 0 Å². The number of hydrogen-bond acceptors (Lipinski definition) is 5. The summed E-state index contributed by atoms with van der Waals surface area (Å²) >= 11 is 1.41. The second-order valence-corrected chi connectivity index (χ2v) is 5.58. The van der Waals surface area contributed by atoms with Crippen molar-refractivity contribution in [3.8, 4) is 5.75 Å². The highest BCUT2D eigenvalue weighted by Gasteiger charge is 2.10. The standard InChI is InChI=1S/C16H13N3O3S/c1-10(20)18-11-5-7-12(8-6-11)19-16(21)22-14-4-2-3-13-15(14)23-9-17-13/h2-9H,1H3,(H,18,20)(H,19,21). The Bertz CT molecular complexity index is 858. The van der Waals surface area contributed by atoms with Crippen LogP contribution in [0.5, 0.6) is 5.75 Å². The fourth-order valence-corrected chi connectivity index (χ4v) is 2.76. The molecule has 1 heterocycles. The van der Waals surface area contributed by atoms with Crippen LogP contribution in [0.2, 0.25) is 0 Å². The van der Waals surface area contributed by atoms with E-state index in [9.17, 15) is 9.59 Å². The Morgan fingerprint density at radius 2 is 1.74 bits per heavy atom. The smallest absolute Gasteiger partial charge is 0.408 e. The maximum atomic E-state index is 12.0. The quantitative estimate of drug-likeness (QED) is 0.765. The van der Waals surface area contributed by atoms with Crippen LogP contribution >= 0.6 is 11.3 Å². The van der Waals surface area contributed by atoms with E-state index in [0.717, 1.165) is 10.2 Å². The molecule has 7 heteroatoms. The van der Waals surface area contributed by atoms with Crippen LogP contribution in [0.3, 0.4) is 0 Å². The van der Waals surface area contributed by atoms with E-state index in [-0.39, 0.29) is 5.91 Å². The second-order valence-electron chi connectivity index (χ2n) is 4.73. The van der Waals surface area contributed by atoms with Gasteiger partial charge in [-0.3, -0.25) is 10.1 Å². The van der Waals surface area contributed by atoms with Crippen LogP contribution in [0.15, 0.2) is 48.0 Å². The molecule has 0 aliphatic carbocycles. The average molecular weight is 327 g/mol. The zero-order valence-electron chi connectivity index (χ0n) is 12.2. The second kappa shape index (κ2) is 6.45. The van der Waals surface area contributed by atoms with Crippen LogP contribution in [0, 0.1) is 0 Å². The van der Waals surface area contributed by atoms with Gasteiger partial charge in [-0.05, 0) is 36.4 Å². The highest BCUT2D eigenvalue weighted by Crippen LogP contribution is 2.28. The fourth-order valence-electron chi connectivity index (χ4n) is 2.02. The van der Waals surface area contributed by atoms with Crippen LogP contribution < -0.4 is 15.4 Å². The van der Waals surface area contributed by atoms with Gasteiger partial charge in [-0.1, -0.05) is 6.07 Å². The minimum absolute atomic E-state index is 0.150. The number of hydrogen-bond donors (Lipinski definition) is 2. The minimum atomic E-state index is -0.585. The van der Waals surface area contributed by atoms with Gasteiger partial charge >= 0.3 is 6.09 Å². The largest absolute Gasteiger partial charge is 0.417 e. The molecular formula is C16H13N3O3S. The lowest BCUT2D eigenvalue weighted by molar-refractivity contribution is -0.114. The van der Waals surface area contributed by atoms with Crippen LogP contribution in [0.4, 0.5) is 16.2 Å². The summed E-state index contributed by atoms with van der Waals surface area (Å²) in [7, 11) is 0. The van der Waals surface area contributed by atoms with Gasteiger partial charge in [-0.2, -0.15) is 0 Å². The van der Waals surface area contributed by atoms with Gasteiger partial charge in [0.15, 0.2) is 5.75 Å². The molecule has 0 radical (unpaired) electrons. The van der Waals surface area contributed by atoms with Gasteiger partial charge in [-0.25, -0.2) is 9.78 Å². The Labute approximate surface area is 136 Å². The summed E-state index contributed by atoms with van der Waals surface area (Å²) in [6.45, 7) is 1.43. The Morgan fingerprint density at radius 3 is 2.43 bits per heavy atom. The molecule has 6 nitrogen and oxygen atoms in total. The van der Waals surface area contributed by atoms with E-state index in [1.54, 1.807) is 41.9 Å². The summed E-state index contributed by atoms with van der Waals surface area (Å²) in [5.41, 5.74) is 3.72. The van der Waals surface area contributed by atoms with Crippen molar-refractivity contribution in [2.75, 3.05) is 10.6 Å². The maximum Gasteiger partial charge on any atom is 0.417 e. The first-order valence-electron chi connectivity index (χ1n) is 6.80. The van der Waals surface area contributed by atoms with Gasteiger partial charge < -0.3 is 10.1 Å². The number of carbonyl (C=O) groups excluding carboxylic acids is 2. The average Bonchev–Trinajstić information content (AvgIpc) is 2.98. The summed E-state index contributed by atoms with van der Waals surface area (Å²) in [6.07, 6.45) is -0.585. The predicted octanol–water partition coefficient (Wildman–Crippen LogP) is 3.87. The van der Waals surface area contributed by atoms with Crippen molar-refractivity contribution in [2.24, 2.45) is 0 Å². The number of nitrogens with one attached hydrogen (secondary N) is 2. The van der Waals surface area contributed by atoms with Crippen LogP contribution in [0.1, 0.15) is 6.92 Å². The Kier molecular flexibility index (Phi) is 4.20. The number of anilines is 2. The topological polar surface area (TPSA) is 80.3 Å². The molecule has 0 spiro atoms. The Morgan fingerprint density at radius 1 is 1.04 bits per heavy atom. The Hall–Kier alpha value is -2.93. The molecule has 3 rings (SSSR count). The van der Waals surface area contributed by atoms with Crippen LogP contribution in [0.25, 0.3) is 10.2 Å². The number of thiazole rings is 1. The summed E-state index contributed by atoms with van der Waals surface area (Å²) in [5, 5.41) is 5.29. The van der Waals surface area contributed by atoms with Crippen LogP contribution in [-0.4, -0.2) is 17.0 Å². The van der Waals surface area contributed by atoms with Gasteiger partial charge in [-0.15, -0.1) is 11.3 Å². The lowest BCUT2D eigenvalue weighted by atomic mass is 10.3. The molecule has 1 aromatic heterocycles. The van der Waals surface area contributed by atoms with Crippen molar-refractivity contribution in [3.05, 3.63) is 48.0 Å². The number of fused-ring (bicyclic) bond motifs is 1. The molecule has 0 atom stereocenters. The van der Waals surface area contributed by atoms with E-state index in [2.05, 4.69) is 15.6 Å². The molecule has 0 fully saturated rings. The van der Waals surface area contributed by atoms with E-state index in [4.69, 9.17) is 4.74 Å². The summed E-state index contributed by atoms with van der Waals surface area (Å²) in [5.74, 6) is 0.320. The molecule has 2 aromatic carbocycles. The van der Waals surface area contributed by atoms with Crippen molar-refractivity contribution in [1.29, 1.82) is 0 Å². The SMILES string of the molecule is CC(=O)Nc1ccc(NC(=O)Oc2cccc3ncsc23)cc1. The van der Waals surface area contributed by atoms with Gasteiger partial charge in [0.05, 0.1) is 15.7 Å². The van der Waals surface area contributed by atoms with Gasteiger partial charge in [0.25, 0.3) is 0 Å². The highest BCUT2D eigenvalue weighted by atomic mass is 32.1. The van der Waals surface area contributed by atoms with E-state index in [1.807, 2.05) is 6.07 Å². The number of rotatable bonds is 3. The van der Waals surface area contributed by atoms with Crippen molar-refractivity contribution in [1.82, 2.24) is 4.98 Å². The molecule has 0 unspecified atom stereocenters. The first-order valence-corrected chi connectivity index (χ1v) is 7.68. The predicted molar refractivity (Wildman–Crippen MR) is 90.0 cm³/mol. The monoisotopic (exact) mass is 327 g/mol. The maximum absolute atomic E-state index is 12.0.